The van der Waals surface area contributed by atoms with E-state index in [1.165, 1.54) is 36.4 Å². The van der Waals surface area contributed by atoms with Crippen LogP contribution in [0.5, 0.6) is 11.5 Å². The minimum atomic E-state index is -1.18. The van der Waals surface area contributed by atoms with E-state index in [9.17, 15) is 58.2 Å². The maximum absolute atomic E-state index is 14.5. The maximum Gasteiger partial charge on any atom is 0.326 e. The first-order chi connectivity index (χ1) is 52.6. The minimum absolute atomic E-state index is 0.0191. The van der Waals surface area contributed by atoms with Crippen molar-refractivity contribution in [3.8, 4) is 11.5 Å². The number of H-pyrrole nitrogens is 4. The van der Waals surface area contributed by atoms with Crippen LogP contribution < -0.4 is 52.0 Å². The van der Waals surface area contributed by atoms with Crippen molar-refractivity contribution in [1.82, 2.24) is 51.8 Å². The molecule has 0 saturated heterocycles. The fourth-order valence-electron chi connectivity index (χ4n) is 12.8. The maximum atomic E-state index is 14.5. The molecule has 572 valence electrons. The Morgan fingerprint density at radius 2 is 0.761 bits per heavy atom. The molecule has 0 radical (unpaired) electrons. The zero-order valence-electron chi connectivity index (χ0n) is 61.4. The van der Waals surface area contributed by atoms with Crippen LogP contribution in [0.1, 0.15) is 122 Å². The fourth-order valence-corrected chi connectivity index (χ4v) is 12.8. The molecule has 10 aromatic rings. The van der Waals surface area contributed by atoms with Crippen LogP contribution in [0, 0.1) is 11.8 Å². The number of carboxylic acid groups (broad SMARTS) is 2. The lowest BCUT2D eigenvalue weighted by molar-refractivity contribution is -0.140. The Morgan fingerprint density at radius 3 is 1.16 bits per heavy atom. The molecule has 0 unspecified atom stereocenters. The third kappa shape index (κ3) is 22.9. The first kappa shape index (κ1) is 79.3. The number of fused-ring (bicyclic) bond motifs is 4. The highest BCUT2D eigenvalue weighted by Crippen LogP contribution is 2.31. The Hall–Kier alpha value is -12.3. The number of anilines is 2. The summed E-state index contributed by atoms with van der Waals surface area (Å²) in [6, 6.07) is 34.8. The van der Waals surface area contributed by atoms with Gasteiger partial charge in [0.2, 0.25) is 35.4 Å². The first-order valence-corrected chi connectivity index (χ1v) is 36.8. The molecule has 4 atom stereocenters. The average molecular weight is 1490 g/mol. The van der Waals surface area contributed by atoms with Gasteiger partial charge in [0.1, 0.15) is 35.7 Å². The van der Waals surface area contributed by atoms with Crippen molar-refractivity contribution in [2.75, 3.05) is 50.2 Å². The zero-order valence-corrected chi connectivity index (χ0v) is 61.4. The molecule has 0 bridgehead atoms. The van der Waals surface area contributed by atoms with Gasteiger partial charge in [0, 0.05) is 151 Å². The second-order valence-corrected chi connectivity index (χ2v) is 27.7. The molecular formula is C82H94N12O15. The SMILES string of the molecule is CC(C)C[C@H](NC(=O)c1ccc(NC(=O)[C@H](Cc2c[nH]c3ccccc23)NC(=O)CCC(=O)NCCCCOCCNC(=O)CCC(=O)N[C@@H](Cc2c[nH]c3ccccc23)C(=O)Nc2ccc(C(=O)N[C@@H](CC(C)C)C(=O)O)cc2OCCc2c[nH]c3ccccc23)c(OCCc2c[nH]c3ccccc23)c1)C(=O)O. The number of ether oxygens (including phenoxy) is 3. The number of nitrogens with one attached hydrogen (secondary N) is 12. The number of hydrogen-bond donors (Lipinski definition) is 14. The Morgan fingerprint density at radius 1 is 0.394 bits per heavy atom. The molecule has 0 aliphatic carbocycles. The monoisotopic (exact) mass is 1490 g/mol. The zero-order chi connectivity index (χ0) is 77.3. The number of rotatable bonds is 42. The Balaban J connectivity index is 0.675. The van der Waals surface area contributed by atoms with E-state index in [1.807, 2.05) is 137 Å². The molecule has 0 spiro atoms. The molecule has 10 rings (SSSR count). The highest BCUT2D eigenvalue weighted by atomic mass is 16.5. The highest BCUT2D eigenvalue weighted by molar-refractivity contribution is 6.03. The summed E-state index contributed by atoms with van der Waals surface area (Å²) in [4.78, 5) is 147. The number of hydrogen-bond acceptors (Lipinski definition) is 13. The lowest BCUT2D eigenvalue weighted by Crippen LogP contribution is -2.45. The number of aliphatic carboxylic acids is 2. The normalized spacial score (nSPS) is 12.5. The second-order valence-electron chi connectivity index (χ2n) is 27.7. The molecule has 0 aliphatic rings. The van der Waals surface area contributed by atoms with E-state index in [0.29, 0.717) is 32.3 Å². The molecule has 8 amide bonds. The standard InChI is InChI=1S/C82H94N12O15/c1-49(2)39-69(81(103)104)93-77(99)51-23-25-65(71(43-51)108-36-31-53-45-85-61-19-9-5-15-57(53)61)91-79(101)67(41-55-47-87-63-21-11-7-17-59(55)63)89-75(97)29-27-73(95)83-33-13-14-35-107-38-34-84-74(96)28-30-76(98)90-68(42-56-48-88-64-22-12-8-18-60(56)64)80(102)92-66-26-24-52(78(100)94-70(82(105)106)40-50(3)4)44-72(66)109-37-32-54-46-86-62-20-10-6-16-58(54)62/h5-12,15-26,43-50,67-70,85-88H,13-14,27-42H2,1-4H3,(H,83,95)(H,84,96)(H,89,97)(H,90,98)(H,91,101)(H,92,102)(H,93,99)(H,94,100)(H,103,104)(H,105,106)/t67-,68-,69-,70-/m0/s1. The summed E-state index contributed by atoms with van der Waals surface area (Å²) in [5.74, 6) is -6.56. The van der Waals surface area contributed by atoms with Gasteiger partial charge in [-0.1, -0.05) is 100 Å². The van der Waals surface area contributed by atoms with Crippen LogP contribution in [-0.2, 0) is 68.8 Å². The van der Waals surface area contributed by atoms with Crippen molar-refractivity contribution in [1.29, 1.82) is 0 Å². The molecule has 6 aromatic carbocycles. The minimum Gasteiger partial charge on any atom is -0.491 e. The second kappa shape index (κ2) is 38.8. The third-order valence-electron chi connectivity index (χ3n) is 18.5. The molecule has 4 heterocycles. The number of benzene rings is 6. The number of aromatic nitrogens is 4. The molecule has 0 saturated carbocycles. The van der Waals surface area contributed by atoms with Gasteiger partial charge in [0.05, 0.1) is 31.2 Å². The molecule has 4 aromatic heterocycles. The van der Waals surface area contributed by atoms with E-state index < -0.39 is 77.5 Å². The Labute approximate surface area is 629 Å². The largest absolute Gasteiger partial charge is 0.491 e. The van der Waals surface area contributed by atoms with Gasteiger partial charge in [-0.3, -0.25) is 38.4 Å². The van der Waals surface area contributed by atoms with E-state index in [-0.39, 0.29) is 136 Å². The molecular weight excluding hydrogens is 1390 g/mol. The quantitative estimate of drug-likeness (QED) is 0.0158. The van der Waals surface area contributed by atoms with Gasteiger partial charge in [-0.05, 0) is 120 Å². The summed E-state index contributed by atoms with van der Waals surface area (Å²) < 4.78 is 18.3. The first-order valence-electron chi connectivity index (χ1n) is 36.8. The van der Waals surface area contributed by atoms with Gasteiger partial charge < -0.3 is 86.9 Å². The van der Waals surface area contributed by atoms with Crippen molar-refractivity contribution >= 4 is 114 Å². The van der Waals surface area contributed by atoms with Crippen molar-refractivity contribution in [2.45, 2.75) is 129 Å². The number of para-hydroxylation sites is 4. The summed E-state index contributed by atoms with van der Waals surface area (Å²) in [5, 5.41) is 45.7. The predicted molar refractivity (Wildman–Crippen MR) is 414 cm³/mol. The van der Waals surface area contributed by atoms with Crippen LogP contribution in [0.2, 0.25) is 0 Å². The lowest BCUT2D eigenvalue weighted by atomic mass is 10.0. The molecule has 14 N–H and O–H groups in total. The summed E-state index contributed by atoms with van der Waals surface area (Å²) in [5.41, 5.74) is 7.56. The average Bonchev–Trinajstić information content (AvgIpc) is 1.81. The van der Waals surface area contributed by atoms with Crippen LogP contribution >= 0.6 is 0 Å². The van der Waals surface area contributed by atoms with Crippen molar-refractivity contribution in [3.05, 3.63) is 192 Å². The molecule has 27 heteroatoms. The van der Waals surface area contributed by atoms with Gasteiger partial charge in [-0.25, -0.2) is 9.59 Å². The van der Waals surface area contributed by atoms with Crippen molar-refractivity contribution in [2.24, 2.45) is 11.8 Å². The molecule has 27 nitrogen and oxygen atoms in total. The lowest BCUT2D eigenvalue weighted by Gasteiger charge is -2.21. The Kier molecular flexibility index (Phi) is 28.3. The van der Waals surface area contributed by atoms with E-state index in [0.717, 1.165) is 65.9 Å². The van der Waals surface area contributed by atoms with Crippen LogP contribution in [-0.4, -0.2) is 153 Å². The van der Waals surface area contributed by atoms with Crippen LogP contribution in [0.15, 0.2) is 158 Å². The molecule has 0 aliphatic heterocycles. The third-order valence-corrected chi connectivity index (χ3v) is 18.5. The van der Waals surface area contributed by atoms with E-state index in [2.05, 4.69) is 62.5 Å². The van der Waals surface area contributed by atoms with Gasteiger partial charge in [0.25, 0.3) is 11.8 Å². The van der Waals surface area contributed by atoms with E-state index in [1.54, 1.807) is 12.4 Å². The topological polar surface area (TPSA) is 398 Å². The number of carboxylic acids is 2. The van der Waals surface area contributed by atoms with Gasteiger partial charge >= 0.3 is 11.9 Å². The number of aromatic amines is 4. The van der Waals surface area contributed by atoms with E-state index >= 15 is 0 Å². The summed E-state index contributed by atoms with van der Waals surface area (Å²) in [6.07, 6.45) is 8.95. The smallest absolute Gasteiger partial charge is 0.326 e. The number of carbonyl (C=O) groups is 10. The number of amides is 8. The van der Waals surface area contributed by atoms with Crippen LogP contribution in [0.25, 0.3) is 43.6 Å². The van der Waals surface area contributed by atoms with Crippen LogP contribution in [0.3, 0.4) is 0 Å². The van der Waals surface area contributed by atoms with E-state index in [4.69, 9.17) is 14.2 Å². The summed E-state index contributed by atoms with van der Waals surface area (Å²) >= 11 is 0. The van der Waals surface area contributed by atoms with Crippen LogP contribution in [0.4, 0.5) is 11.4 Å². The molecule has 109 heavy (non-hydrogen) atoms. The summed E-state index contributed by atoms with van der Waals surface area (Å²) in [7, 11) is 0. The van der Waals surface area contributed by atoms with Gasteiger partial charge in [-0.2, -0.15) is 0 Å². The highest BCUT2D eigenvalue weighted by Gasteiger charge is 2.30. The van der Waals surface area contributed by atoms with Gasteiger partial charge in [-0.15, -0.1) is 0 Å². The number of unbranched alkanes of at least 4 members (excludes halogenated alkanes) is 1. The van der Waals surface area contributed by atoms with Crippen molar-refractivity contribution < 1.29 is 72.4 Å². The fraction of sp³-hybridized carbons (Fsp3) is 0.341. The van der Waals surface area contributed by atoms with Crippen molar-refractivity contribution in [3.63, 3.8) is 0 Å². The predicted octanol–water partition coefficient (Wildman–Crippen LogP) is 9.93. The molecule has 0 fully saturated rings. The Bertz CT molecular complexity index is 4560. The number of carbonyl (C=O) groups excluding carboxylic acids is 8. The summed E-state index contributed by atoms with van der Waals surface area (Å²) in [6.45, 7) is 8.58. The van der Waals surface area contributed by atoms with Gasteiger partial charge in [0.15, 0.2) is 0 Å².